The van der Waals surface area contributed by atoms with Crippen molar-refractivity contribution in [3.05, 3.63) is 0 Å². The van der Waals surface area contributed by atoms with Crippen molar-refractivity contribution in [3.63, 3.8) is 0 Å². The highest BCUT2D eigenvalue weighted by atomic mass is 16.6. The van der Waals surface area contributed by atoms with Gasteiger partial charge >= 0.3 is 18.2 Å². The molecule has 4 aliphatic rings. The van der Waals surface area contributed by atoms with Crippen LogP contribution in [0.15, 0.2) is 0 Å². The highest BCUT2D eigenvalue weighted by Crippen LogP contribution is 2.52. The first-order valence-electron chi connectivity index (χ1n) is 12.4. The summed E-state index contributed by atoms with van der Waals surface area (Å²) in [6.45, 7) is 14.3. The van der Waals surface area contributed by atoms with Crippen molar-refractivity contribution >= 4 is 18.2 Å². The number of carbonyl (C=O) groups is 3. The number of nitrogens with zero attached hydrogens (tertiary/aromatic N) is 2. The first-order valence-corrected chi connectivity index (χ1v) is 12.4. The van der Waals surface area contributed by atoms with Gasteiger partial charge in [0.15, 0.2) is 0 Å². The van der Waals surface area contributed by atoms with E-state index in [4.69, 9.17) is 19.3 Å². The smallest absolute Gasteiger partial charge is 0.410 e. The van der Waals surface area contributed by atoms with Crippen LogP contribution in [0.25, 0.3) is 0 Å². The van der Waals surface area contributed by atoms with Crippen LogP contribution in [0.2, 0.25) is 0 Å². The summed E-state index contributed by atoms with van der Waals surface area (Å²) < 4.78 is 15.4. The summed E-state index contributed by atoms with van der Waals surface area (Å²) in [5, 5.41) is 9.11. The first kappa shape index (κ1) is 26.6. The van der Waals surface area contributed by atoms with Crippen molar-refractivity contribution in [1.82, 2.24) is 9.80 Å². The van der Waals surface area contributed by atoms with E-state index < -0.39 is 11.2 Å². The first-order chi connectivity index (χ1) is 15.8. The monoisotopic (exact) mass is 482 g/mol. The molecule has 0 spiro atoms. The molecule has 0 aromatic rings. The average molecular weight is 483 g/mol. The van der Waals surface area contributed by atoms with E-state index in [0.717, 1.165) is 25.9 Å². The normalized spacial score (nSPS) is 31.8. The maximum Gasteiger partial charge on any atom is 0.410 e. The molecular weight excluding hydrogens is 440 g/mol. The van der Waals surface area contributed by atoms with E-state index in [-0.39, 0.29) is 36.6 Å². The zero-order valence-electron chi connectivity index (χ0n) is 21.7. The molecule has 2 heterocycles. The van der Waals surface area contributed by atoms with Crippen LogP contribution in [0.1, 0.15) is 54.4 Å². The van der Waals surface area contributed by atoms with Gasteiger partial charge in [-0.25, -0.2) is 9.59 Å². The number of aliphatic hydroxyl groups excluding tert-OH is 1. The Morgan fingerprint density at radius 1 is 0.794 bits per heavy atom. The Labute approximate surface area is 203 Å². The molecular formula is C25H42N2O7. The Kier molecular flexibility index (Phi) is 7.75. The molecule has 34 heavy (non-hydrogen) atoms. The topological polar surface area (TPSA) is 106 Å². The Hall–Kier alpha value is -2.03. The standard InChI is InChI=1S/C13H21NO4.C12H21NO3/c1-13(2,3)18-12(16)14-6-5-8-9(7-14)10(8)11(15)17-4;1-12(2,3)16-11(15)13-5-4-8-9(6-13)10(8)7-14/h8-10H,5-7H2,1-4H3;8-10,14H,4-7H2,1-3H3. The molecule has 2 saturated heterocycles. The zero-order valence-corrected chi connectivity index (χ0v) is 21.7. The number of hydrogen-bond acceptors (Lipinski definition) is 7. The van der Waals surface area contributed by atoms with E-state index in [9.17, 15) is 14.4 Å². The van der Waals surface area contributed by atoms with E-state index in [1.54, 1.807) is 9.80 Å². The second-order valence-electron chi connectivity index (χ2n) is 12.0. The fraction of sp³-hybridized carbons (Fsp3) is 0.880. The minimum atomic E-state index is -0.473. The van der Waals surface area contributed by atoms with Crippen LogP contribution < -0.4 is 0 Å². The minimum Gasteiger partial charge on any atom is -0.469 e. The molecule has 9 nitrogen and oxygen atoms in total. The number of amides is 2. The van der Waals surface area contributed by atoms with E-state index in [0.29, 0.717) is 36.8 Å². The summed E-state index contributed by atoms with van der Waals surface area (Å²) in [4.78, 5) is 38.7. The second-order valence-corrected chi connectivity index (χ2v) is 12.0. The summed E-state index contributed by atoms with van der Waals surface area (Å²) in [5.41, 5.74) is -0.896. The van der Waals surface area contributed by atoms with Crippen molar-refractivity contribution in [3.8, 4) is 0 Å². The molecule has 2 saturated carbocycles. The molecule has 4 rings (SSSR count). The van der Waals surface area contributed by atoms with Gasteiger partial charge in [0.2, 0.25) is 0 Å². The Balaban J connectivity index is 0.000000192. The SMILES string of the molecule is CC(C)(C)OC(=O)N1CCC2C(CO)C2C1.COC(=O)C1C2CCN(C(=O)OC(C)(C)C)CC21. The molecule has 1 N–H and O–H groups in total. The largest absolute Gasteiger partial charge is 0.469 e. The van der Waals surface area contributed by atoms with E-state index in [1.807, 2.05) is 41.5 Å². The lowest BCUT2D eigenvalue weighted by molar-refractivity contribution is -0.142. The van der Waals surface area contributed by atoms with Crippen molar-refractivity contribution < 1.29 is 33.7 Å². The number of hydrogen-bond donors (Lipinski definition) is 1. The molecule has 6 unspecified atom stereocenters. The van der Waals surface area contributed by atoms with Crippen molar-refractivity contribution in [2.45, 2.75) is 65.6 Å². The Morgan fingerprint density at radius 3 is 1.71 bits per heavy atom. The van der Waals surface area contributed by atoms with Crippen LogP contribution >= 0.6 is 0 Å². The number of piperidine rings is 2. The lowest BCUT2D eigenvalue weighted by Gasteiger charge is -2.29. The molecule has 9 heteroatoms. The molecule has 194 valence electrons. The highest BCUT2D eigenvalue weighted by Gasteiger charge is 2.58. The molecule has 2 amide bonds. The third-order valence-electron chi connectivity index (χ3n) is 7.16. The summed E-state index contributed by atoms with van der Waals surface area (Å²) >= 11 is 0. The number of esters is 1. The average Bonchev–Trinajstić information content (AvgIpc) is 3.63. The predicted octanol–water partition coefficient (Wildman–Crippen LogP) is 3.14. The fourth-order valence-electron chi connectivity index (χ4n) is 5.35. The van der Waals surface area contributed by atoms with E-state index >= 15 is 0 Å². The molecule has 2 aliphatic heterocycles. The van der Waals surface area contributed by atoms with Gasteiger partial charge in [0.1, 0.15) is 11.2 Å². The van der Waals surface area contributed by atoms with Gasteiger partial charge in [-0.3, -0.25) is 4.79 Å². The summed E-state index contributed by atoms with van der Waals surface area (Å²) in [5.74, 6) is 2.08. The number of ether oxygens (including phenoxy) is 3. The maximum absolute atomic E-state index is 11.9. The van der Waals surface area contributed by atoms with Gasteiger partial charge in [0.25, 0.3) is 0 Å². The van der Waals surface area contributed by atoms with Crippen LogP contribution in [0.5, 0.6) is 0 Å². The lowest BCUT2D eigenvalue weighted by Crippen LogP contribution is -2.40. The molecule has 0 bridgehead atoms. The lowest BCUT2D eigenvalue weighted by atomic mass is 10.1. The van der Waals surface area contributed by atoms with Gasteiger partial charge in [-0.1, -0.05) is 0 Å². The number of rotatable bonds is 2. The van der Waals surface area contributed by atoms with Gasteiger partial charge in [-0.2, -0.15) is 0 Å². The molecule has 0 aromatic carbocycles. The van der Waals surface area contributed by atoms with Gasteiger partial charge in [-0.15, -0.1) is 0 Å². The number of aliphatic hydroxyl groups is 1. The molecule has 6 atom stereocenters. The maximum atomic E-state index is 11.9. The summed E-state index contributed by atoms with van der Waals surface area (Å²) in [6, 6.07) is 0. The predicted molar refractivity (Wildman–Crippen MR) is 125 cm³/mol. The second kappa shape index (κ2) is 9.91. The van der Waals surface area contributed by atoms with Crippen molar-refractivity contribution in [2.75, 3.05) is 39.9 Å². The quantitative estimate of drug-likeness (QED) is 0.476. The Morgan fingerprint density at radius 2 is 1.26 bits per heavy atom. The number of methoxy groups -OCH3 is 1. The number of fused-ring (bicyclic) bond motifs is 2. The number of carbonyl (C=O) groups excluding carboxylic acids is 3. The van der Waals surface area contributed by atoms with Crippen LogP contribution in [0, 0.1) is 35.5 Å². The van der Waals surface area contributed by atoms with Crippen LogP contribution in [0.3, 0.4) is 0 Å². The highest BCUT2D eigenvalue weighted by molar-refractivity contribution is 5.77. The van der Waals surface area contributed by atoms with E-state index in [2.05, 4.69) is 0 Å². The van der Waals surface area contributed by atoms with Crippen molar-refractivity contribution in [2.24, 2.45) is 35.5 Å². The summed E-state index contributed by atoms with van der Waals surface area (Å²) in [7, 11) is 1.41. The van der Waals surface area contributed by atoms with E-state index in [1.165, 1.54) is 7.11 Å². The van der Waals surface area contributed by atoms with Gasteiger partial charge in [0.05, 0.1) is 13.0 Å². The molecule has 0 radical (unpaired) electrons. The fourth-order valence-corrected chi connectivity index (χ4v) is 5.35. The molecule has 0 aromatic heterocycles. The van der Waals surface area contributed by atoms with Gasteiger partial charge in [0, 0.05) is 32.8 Å². The van der Waals surface area contributed by atoms with Crippen LogP contribution in [0.4, 0.5) is 9.59 Å². The van der Waals surface area contributed by atoms with Crippen LogP contribution in [-0.2, 0) is 19.0 Å². The third kappa shape index (κ3) is 6.55. The van der Waals surface area contributed by atoms with Crippen LogP contribution in [-0.4, -0.2) is 84.2 Å². The van der Waals surface area contributed by atoms with Gasteiger partial charge in [-0.05, 0) is 84.0 Å². The third-order valence-corrected chi connectivity index (χ3v) is 7.16. The van der Waals surface area contributed by atoms with Gasteiger partial charge < -0.3 is 29.1 Å². The molecule has 2 aliphatic carbocycles. The van der Waals surface area contributed by atoms with Crippen molar-refractivity contribution in [1.29, 1.82) is 0 Å². The zero-order chi connectivity index (χ0) is 25.4. The molecule has 4 fully saturated rings. The minimum absolute atomic E-state index is 0.0116. The Bertz CT molecular complexity index is 768. The summed E-state index contributed by atoms with van der Waals surface area (Å²) in [6.07, 6.45) is 1.38. The number of likely N-dealkylation sites (tertiary alicyclic amines) is 2.